The highest BCUT2D eigenvalue weighted by molar-refractivity contribution is 7.98. The van der Waals surface area contributed by atoms with Gasteiger partial charge in [0.05, 0.1) is 0 Å². The average molecular weight is 328 g/mol. The van der Waals surface area contributed by atoms with E-state index in [0.717, 1.165) is 10.5 Å². The van der Waals surface area contributed by atoms with Crippen LogP contribution in [0.4, 0.5) is 0 Å². The van der Waals surface area contributed by atoms with Gasteiger partial charge in [-0.3, -0.25) is 4.79 Å². The van der Waals surface area contributed by atoms with Crippen LogP contribution in [0.5, 0.6) is 5.75 Å². The number of hydrogen-bond donors (Lipinski definition) is 1. The topological polar surface area (TPSA) is 63.6 Å². The Labute approximate surface area is 138 Å². The number of thioether (sulfide) groups is 1. The molecule has 2 rings (SSSR count). The van der Waals surface area contributed by atoms with Gasteiger partial charge in [-0.05, 0) is 42.2 Å². The highest BCUT2D eigenvalue weighted by atomic mass is 32.2. The van der Waals surface area contributed by atoms with Crippen molar-refractivity contribution in [2.75, 3.05) is 12.9 Å². The Hall–Kier alpha value is -2.53. The van der Waals surface area contributed by atoms with E-state index < -0.39 is 12.6 Å². The van der Waals surface area contributed by atoms with E-state index in [2.05, 4.69) is 0 Å². The Morgan fingerprint density at radius 3 is 2.57 bits per heavy atom. The molecule has 0 unspecified atom stereocenters. The molecule has 4 nitrogen and oxygen atoms in total. The van der Waals surface area contributed by atoms with E-state index in [1.54, 1.807) is 36.0 Å². The van der Waals surface area contributed by atoms with Crippen molar-refractivity contribution < 1.29 is 19.4 Å². The molecule has 0 fully saturated rings. The molecule has 0 bridgehead atoms. The van der Waals surface area contributed by atoms with Gasteiger partial charge in [-0.25, -0.2) is 4.79 Å². The van der Waals surface area contributed by atoms with Crippen LogP contribution in [0.2, 0.25) is 0 Å². The summed E-state index contributed by atoms with van der Waals surface area (Å²) in [5.41, 5.74) is 1.39. The van der Waals surface area contributed by atoms with Crippen LogP contribution in [-0.2, 0) is 4.79 Å². The summed E-state index contributed by atoms with van der Waals surface area (Å²) in [5, 5.41) is 8.60. The van der Waals surface area contributed by atoms with E-state index in [1.807, 2.05) is 30.5 Å². The summed E-state index contributed by atoms with van der Waals surface area (Å²) in [4.78, 5) is 23.8. The van der Waals surface area contributed by atoms with E-state index in [0.29, 0.717) is 11.3 Å². The fourth-order valence-corrected chi connectivity index (χ4v) is 2.28. The van der Waals surface area contributed by atoms with Crippen molar-refractivity contribution in [3.05, 3.63) is 65.7 Å². The fourth-order valence-electron chi connectivity index (χ4n) is 1.87. The molecule has 23 heavy (non-hydrogen) atoms. The van der Waals surface area contributed by atoms with Crippen molar-refractivity contribution >= 4 is 29.6 Å². The first-order valence-electron chi connectivity index (χ1n) is 6.89. The number of ether oxygens (including phenoxy) is 1. The number of allylic oxidation sites excluding steroid dienone is 1. The summed E-state index contributed by atoms with van der Waals surface area (Å²) in [6, 6.07) is 14.4. The highest BCUT2D eigenvalue weighted by Gasteiger charge is 2.05. The van der Waals surface area contributed by atoms with Gasteiger partial charge in [-0.15, -0.1) is 11.8 Å². The summed E-state index contributed by atoms with van der Waals surface area (Å²) < 4.78 is 5.07. The molecule has 5 heteroatoms. The van der Waals surface area contributed by atoms with Crippen LogP contribution in [0.15, 0.2) is 59.5 Å². The summed E-state index contributed by atoms with van der Waals surface area (Å²) in [6.07, 6.45) is 5.25. The molecule has 0 atom stereocenters. The Bertz CT molecular complexity index is 720. The number of carbonyl (C=O) groups is 2. The van der Waals surface area contributed by atoms with Gasteiger partial charge in [-0.1, -0.05) is 30.3 Å². The number of hydrogen-bond acceptors (Lipinski definition) is 4. The molecule has 0 aliphatic rings. The Morgan fingerprint density at radius 1 is 1.17 bits per heavy atom. The van der Waals surface area contributed by atoms with Crippen molar-refractivity contribution in [2.24, 2.45) is 0 Å². The van der Waals surface area contributed by atoms with Gasteiger partial charge in [-0.2, -0.15) is 0 Å². The molecule has 118 valence electrons. The first-order valence-corrected chi connectivity index (χ1v) is 8.12. The molecule has 0 aliphatic heterocycles. The molecule has 0 heterocycles. The second-order valence-corrected chi connectivity index (χ2v) is 5.56. The number of rotatable bonds is 7. The zero-order chi connectivity index (χ0) is 16.7. The number of benzene rings is 2. The molecule has 0 saturated carbocycles. The molecule has 2 aromatic carbocycles. The maximum Gasteiger partial charge on any atom is 0.341 e. The molecular formula is C18H16O4S. The van der Waals surface area contributed by atoms with Crippen LogP contribution in [0.1, 0.15) is 15.9 Å². The van der Waals surface area contributed by atoms with E-state index in [4.69, 9.17) is 9.84 Å². The van der Waals surface area contributed by atoms with E-state index in [1.165, 1.54) is 12.1 Å². The minimum absolute atomic E-state index is 0.167. The normalized spacial score (nSPS) is 10.7. The third-order valence-corrected chi connectivity index (χ3v) is 3.77. The molecule has 2 aromatic rings. The maximum atomic E-state index is 12.2. The van der Waals surface area contributed by atoms with Gasteiger partial charge in [0.2, 0.25) is 0 Å². The largest absolute Gasteiger partial charge is 0.482 e. The fraction of sp³-hybridized carbons (Fsp3) is 0.111. The Balaban J connectivity index is 2.05. The standard InChI is InChI=1S/C18H16O4S/c1-23-16-8-5-13(6-9-16)7-10-17(19)14-3-2-4-15(11-14)22-12-18(20)21/h2-11H,12H2,1H3,(H,20,21). The first kappa shape index (κ1) is 16.8. The first-order chi connectivity index (χ1) is 11.1. The van der Waals surface area contributed by atoms with Crippen molar-refractivity contribution in [2.45, 2.75) is 4.90 Å². The smallest absolute Gasteiger partial charge is 0.341 e. The van der Waals surface area contributed by atoms with Gasteiger partial charge in [0, 0.05) is 10.5 Å². The second kappa shape index (κ2) is 8.19. The van der Waals surface area contributed by atoms with Crippen LogP contribution in [0, 0.1) is 0 Å². The van der Waals surface area contributed by atoms with Crippen molar-refractivity contribution in [3.8, 4) is 5.75 Å². The second-order valence-electron chi connectivity index (χ2n) is 4.68. The van der Waals surface area contributed by atoms with E-state index in [-0.39, 0.29) is 5.78 Å². The minimum atomic E-state index is -1.06. The molecular weight excluding hydrogens is 312 g/mol. The molecule has 0 aliphatic carbocycles. The van der Waals surface area contributed by atoms with Gasteiger partial charge in [0.15, 0.2) is 12.4 Å². The summed E-state index contributed by atoms with van der Waals surface area (Å²) in [6.45, 7) is -0.435. The lowest BCUT2D eigenvalue weighted by atomic mass is 10.1. The Kier molecular flexibility index (Phi) is 6.00. The SMILES string of the molecule is CSc1ccc(C=CC(=O)c2cccc(OCC(=O)O)c2)cc1. The number of carboxylic acid groups (broad SMARTS) is 1. The van der Waals surface area contributed by atoms with Gasteiger partial charge >= 0.3 is 5.97 Å². The summed E-state index contributed by atoms with van der Waals surface area (Å²) >= 11 is 1.66. The van der Waals surface area contributed by atoms with Gasteiger partial charge in [0.25, 0.3) is 0 Å². The molecule has 0 saturated heterocycles. The molecule has 1 N–H and O–H groups in total. The number of ketones is 1. The molecule has 0 amide bonds. The van der Waals surface area contributed by atoms with Crippen molar-refractivity contribution in [1.29, 1.82) is 0 Å². The van der Waals surface area contributed by atoms with Crippen molar-refractivity contribution in [1.82, 2.24) is 0 Å². The average Bonchev–Trinajstić information content (AvgIpc) is 2.58. The highest BCUT2D eigenvalue weighted by Crippen LogP contribution is 2.17. The maximum absolute atomic E-state index is 12.2. The third-order valence-electron chi connectivity index (χ3n) is 3.02. The number of aliphatic carboxylic acids is 1. The van der Waals surface area contributed by atoms with Gasteiger partial charge < -0.3 is 9.84 Å². The Morgan fingerprint density at radius 2 is 1.91 bits per heavy atom. The van der Waals surface area contributed by atoms with Crippen LogP contribution in [-0.4, -0.2) is 29.7 Å². The van der Waals surface area contributed by atoms with E-state index >= 15 is 0 Å². The number of carboxylic acids is 1. The number of carbonyl (C=O) groups excluding carboxylic acids is 1. The summed E-state index contributed by atoms with van der Waals surface area (Å²) in [7, 11) is 0. The minimum Gasteiger partial charge on any atom is -0.482 e. The van der Waals surface area contributed by atoms with Crippen molar-refractivity contribution in [3.63, 3.8) is 0 Å². The lowest BCUT2D eigenvalue weighted by molar-refractivity contribution is -0.139. The molecule has 0 radical (unpaired) electrons. The zero-order valence-electron chi connectivity index (χ0n) is 12.6. The zero-order valence-corrected chi connectivity index (χ0v) is 13.4. The van der Waals surface area contributed by atoms with Crippen LogP contribution in [0.3, 0.4) is 0 Å². The van der Waals surface area contributed by atoms with E-state index in [9.17, 15) is 9.59 Å². The predicted molar refractivity (Wildman–Crippen MR) is 91.2 cm³/mol. The monoisotopic (exact) mass is 328 g/mol. The van der Waals surface area contributed by atoms with Crippen LogP contribution in [0.25, 0.3) is 6.08 Å². The van der Waals surface area contributed by atoms with Crippen LogP contribution < -0.4 is 4.74 Å². The van der Waals surface area contributed by atoms with Crippen LogP contribution >= 0.6 is 11.8 Å². The third kappa shape index (κ3) is 5.30. The molecule has 0 spiro atoms. The molecule has 0 aromatic heterocycles. The predicted octanol–water partition coefficient (Wildman–Crippen LogP) is 3.77. The lowest BCUT2D eigenvalue weighted by Crippen LogP contribution is -2.09. The lowest BCUT2D eigenvalue weighted by Gasteiger charge is -2.04. The summed E-state index contributed by atoms with van der Waals surface area (Å²) in [5.74, 6) is -0.869. The van der Waals surface area contributed by atoms with Gasteiger partial charge in [0.1, 0.15) is 5.75 Å². The quantitative estimate of drug-likeness (QED) is 0.476.